The predicted octanol–water partition coefficient (Wildman–Crippen LogP) is 1.62. The average Bonchev–Trinajstić information content (AvgIpc) is 2.15. The van der Waals surface area contributed by atoms with E-state index in [0.717, 1.165) is 0 Å². The zero-order chi connectivity index (χ0) is 10.6. The summed E-state index contributed by atoms with van der Waals surface area (Å²) in [5.41, 5.74) is 0. The minimum atomic E-state index is -2.73. The summed E-state index contributed by atoms with van der Waals surface area (Å²) in [6.45, 7) is -1.89. The number of nitrogens with zero attached hydrogens (tertiary/aromatic N) is 1. The molecule has 0 atom stereocenters. The lowest BCUT2D eigenvalue weighted by Crippen LogP contribution is -2.38. The maximum Gasteiger partial charge on any atom is 0.407 e. The Morgan fingerprint density at radius 3 is 2.50 bits per heavy atom. The van der Waals surface area contributed by atoms with E-state index in [1.54, 1.807) is 0 Å². The average molecular weight is 209 g/mol. The lowest BCUT2D eigenvalue weighted by molar-refractivity contribution is -0.140. The summed E-state index contributed by atoms with van der Waals surface area (Å²) in [5, 5.41) is 8.62. The van der Waals surface area contributed by atoms with E-state index >= 15 is 0 Å². The van der Waals surface area contributed by atoms with Crippen LogP contribution in [-0.4, -0.2) is 42.4 Å². The molecule has 1 rings (SSSR count). The van der Waals surface area contributed by atoms with Crippen LogP contribution in [-0.2, 0) is 4.74 Å². The van der Waals surface area contributed by atoms with Gasteiger partial charge < -0.3 is 14.7 Å². The predicted molar refractivity (Wildman–Crippen MR) is 44.3 cm³/mol. The number of rotatable bonds is 3. The van der Waals surface area contributed by atoms with Crippen LogP contribution < -0.4 is 0 Å². The molecule has 0 aromatic carbocycles. The van der Waals surface area contributed by atoms with Crippen LogP contribution in [0.3, 0.4) is 0 Å². The van der Waals surface area contributed by atoms with E-state index < -0.39 is 12.7 Å². The molecule has 82 valence electrons. The third-order valence-electron chi connectivity index (χ3n) is 2.34. The maximum atomic E-state index is 11.7. The van der Waals surface area contributed by atoms with Gasteiger partial charge in [0.1, 0.15) is 0 Å². The zero-order valence-corrected chi connectivity index (χ0v) is 7.66. The van der Waals surface area contributed by atoms with Crippen LogP contribution >= 0.6 is 0 Å². The van der Waals surface area contributed by atoms with Crippen molar-refractivity contribution in [3.63, 3.8) is 0 Å². The van der Waals surface area contributed by atoms with Gasteiger partial charge >= 0.3 is 12.7 Å². The van der Waals surface area contributed by atoms with Gasteiger partial charge in [-0.2, -0.15) is 8.78 Å². The van der Waals surface area contributed by atoms with Crippen LogP contribution in [0.1, 0.15) is 12.8 Å². The first-order valence-electron chi connectivity index (χ1n) is 4.47. The summed E-state index contributed by atoms with van der Waals surface area (Å²) in [5.74, 6) is 0.0552. The van der Waals surface area contributed by atoms with E-state index in [-0.39, 0.29) is 12.5 Å². The molecule has 0 aromatic rings. The van der Waals surface area contributed by atoms with E-state index in [1.165, 1.54) is 4.90 Å². The third kappa shape index (κ3) is 3.45. The minimum Gasteiger partial charge on any atom is -0.465 e. The van der Waals surface area contributed by atoms with Gasteiger partial charge in [-0.3, -0.25) is 0 Å². The molecule has 0 aliphatic carbocycles. The molecule has 1 heterocycles. The molecule has 1 fully saturated rings. The van der Waals surface area contributed by atoms with Crippen molar-refractivity contribution in [1.82, 2.24) is 4.90 Å². The highest BCUT2D eigenvalue weighted by atomic mass is 19.3. The number of carbonyl (C=O) groups is 1. The second-order valence-electron chi connectivity index (χ2n) is 3.31. The number of likely N-dealkylation sites (tertiary alicyclic amines) is 1. The molecule has 1 N–H and O–H groups in total. The van der Waals surface area contributed by atoms with Crippen LogP contribution in [0, 0.1) is 5.92 Å². The van der Waals surface area contributed by atoms with Crippen molar-refractivity contribution in [1.29, 1.82) is 0 Å². The highest BCUT2D eigenvalue weighted by molar-refractivity contribution is 5.64. The highest BCUT2D eigenvalue weighted by Gasteiger charge is 2.22. The Kier molecular flexibility index (Phi) is 4.06. The van der Waals surface area contributed by atoms with Crippen molar-refractivity contribution in [2.45, 2.75) is 19.5 Å². The fourth-order valence-electron chi connectivity index (χ4n) is 1.50. The lowest BCUT2D eigenvalue weighted by atomic mass is 9.98. The lowest BCUT2D eigenvalue weighted by Gasteiger charge is -2.29. The van der Waals surface area contributed by atoms with Gasteiger partial charge in [0.2, 0.25) is 0 Å². The molecule has 6 heteroatoms. The first-order valence-corrected chi connectivity index (χ1v) is 4.47. The Morgan fingerprint density at radius 2 is 2.07 bits per heavy atom. The Bertz CT molecular complexity index is 193. The molecule has 1 aliphatic heterocycles. The number of carboxylic acid groups (broad SMARTS) is 1. The van der Waals surface area contributed by atoms with Crippen molar-refractivity contribution in [2.75, 3.05) is 19.7 Å². The van der Waals surface area contributed by atoms with Crippen molar-refractivity contribution < 1.29 is 23.4 Å². The van der Waals surface area contributed by atoms with Gasteiger partial charge in [-0.15, -0.1) is 0 Å². The zero-order valence-electron chi connectivity index (χ0n) is 7.66. The van der Waals surface area contributed by atoms with Crippen molar-refractivity contribution >= 4 is 6.09 Å². The quantitative estimate of drug-likeness (QED) is 0.768. The van der Waals surface area contributed by atoms with Crippen LogP contribution in [0.5, 0.6) is 0 Å². The van der Waals surface area contributed by atoms with Crippen LogP contribution in [0.4, 0.5) is 13.6 Å². The first kappa shape index (κ1) is 11.2. The molecule has 0 radical (unpaired) electrons. The van der Waals surface area contributed by atoms with E-state index in [9.17, 15) is 13.6 Å². The fraction of sp³-hybridized carbons (Fsp3) is 0.875. The van der Waals surface area contributed by atoms with E-state index in [2.05, 4.69) is 4.74 Å². The first-order chi connectivity index (χ1) is 6.59. The van der Waals surface area contributed by atoms with Gasteiger partial charge in [-0.1, -0.05) is 0 Å². The Morgan fingerprint density at radius 1 is 1.50 bits per heavy atom. The van der Waals surface area contributed by atoms with Gasteiger partial charge in [0, 0.05) is 13.1 Å². The SMILES string of the molecule is O=C(O)N1CCC(COC(F)F)CC1. The van der Waals surface area contributed by atoms with Gasteiger partial charge in [0.15, 0.2) is 0 Å². The monoisotopic (exact) mass is 209 g/mol. The molecule has 1 saturated heterocycles. The second-order valence-corrected chi connectivity index (χ2v) is 3.31. The molecular weight excluding hydrogens is 196 g/mol. The third-order valence-corrected chi connectivity index (χ3v) is 2.34. The number of amides is 1. The summed E-state index contributed by atoms with van der Waals surface area (Å²) in [6.07, 6.45) is 0.246. The van der Waals surface area contributed by atoms with E-state index in [1.807, 2.05) is 0 Å². The number of hydrogen-bond donors (Lipinski definition) is 1. The number of piperidine rings is 1. The number of ether oxygens (including phenoxy) is 1. The topological polar surface area (TPSA) is 49.8 Å². The highest BCUT2D eigenvalue weighted by Crippen LogP contribution is 2.18. The molecule has 0 aromatic heterocycles. The molecule has 14 heavy (non-hydrogen) atoms. The number of halogens is 2. The summed E-state index contributed by atoms with van der Waals surface area (Å²) in [7, 11) is 0. The molecular formula is C8H13F2NO3. The Labute approximate surface area is 80.4 Å². The Hall–Kier alpha value is -0.910. The van der Waals surface area contributed by atoms with Gasteiger partial charge in [-0.05, 0) is 18.8 Å². The molecule has 0 bridgehead atoms. The number of hydrogen-bond acceptors (Lipinski definition) is 2. The second kappa shape index (κ2) is 5.09. The molecule has 4 nitrogen and oxygen atoms in total. The summed E-state index contributed by atoms with van der Waals surface area (Å²) in [4.78, 5) is 11.8. The van der Waals surface area contributed by atoms with E-state index in [4.69, 9.17) is 5.11 Å². The molecule has 1 amide bonds. The molecule has 0 unspecified atom stereocenters. The molecule has 0 saturated carbocycles. The smallest absolute Gasteiger partial charge is 0.407 e. The van der Waals surface area contributed by atoms with Crippen LogP contribution in [0.15, 0.2) is 0 Å². The maximum absolute atomic E-state index is 11.7. The number of alkyl halides is 2. The van der Waals surface area contributed by atoms with Gasteiger partial charge in [0.05, 0.1) is 6.61 Å². The van der Waals surface area contributed by atoms with Gasteiger partial charge in [-0.25, -0.2) is 4.79 Å². The van der Waals surface area contributed by atoms with Crippen molar-refractivity contribution in [3.05, 3.63) is 0 Å². The normalized spacial score (nSPS) is 18.9. The summed E-state index contributed by atoms with van der Waals surface area (Å²) >= 11 is 0. The van der Waals surface area contributed by atoms with Crippen LogP contribution in [0.25, 0.3) is 0 Å². The standard InChI is InChI=1S/C8H13F2NO3/c9-7(10)14-5-6-1-3-11(4-2-6)8(12)13/h6-7H,1-5H2,(H,12,13). The van der Waals surface area contributed by atoms with Gasteiger partial charge in [0.25, 0.3) is 0 Å². The van der Waals surface area contributed by atoms with Crippen LogP contribution in [0.2, 0.25) is 0 Å². The molecule has 1 aliphatic rings. The summed E-state index contributed by atoms with van der Waals surface area (Å²) in [6, 6.07) is 0. The minimum absolute atomic E-state index is 0.0190. The van der Waals surface area contributed by atoms with Crippen molar-refractivity contribution in [3.8, 4) is 0 Å². The molecule has 0 spiro atoms. The summed E-state index contributed by atoms with van der Waals surface area (Å²) < 4.78 is 27.5. The van der Waals surface area contributed by atoms with E-state index in [0.29, 0.717) is 25.9 Å². The fourth-order valence-corrected chi connectivity index (χ4v) is 1.50. The largest absolute Gasteiger partial charge is 0.465 e. The Balaban J connectivity index is 2.19. The van der Waals surface area contributed by atoms with Crippen molar-refractivity contribution in [2.24, 2.45) is 5.92 Å².